The molecule has 0 aliphatic heterocycles. The van der Waals surface area contributed by atoms with E-state index >= 15 is 0 Å². The summed E-state index contributed by atoms with van der Waals surface area (Å²) in [6, 6.07) is 4.38. The molecule has 2 rings (SSSR count). The van der Waals surface area contributed by atoms with Crippen molar-refractivity contribution in [2.75, 3.05) is 6.61 Å². The average Bonchev–Trinajstić information content (AvgIpc) is 2.71. The fraction of sp³-hybridized carbons (Fsp3) is 0.214. The van der Waals surface area contributed by atoms with Crippen molar-refractivity contribution in [1.82, 2.24) is 9.78 Å². The molecule has 0 radical (unpaired) electrons. The number of halogens is 2. The summed E-state index contributed by atoms with van der Waals surface area (Å²) in [4.78, 5) is 0. The van der Waals surface area contributed by atoms with Crippen LogP contribution in [0.15, 0.2) is 24.4 Å². The topological polar surface area (TPSA) is 38.0 Å². The maximum Gasteiger partial charge on any atom is 0.124 e. The molecular formula is C14H12ClFN2O. The first-order chi connectivity index (χ1) is 9.11. The van der Waals surface area contributed by atoms with E-state index in [1.54, 1.807) is 16.9 Å². The van der Waals surface area contributed by atoms with E-state index in [9.17, 15) is 4.39 Å². The molecule has 0 atom stereocenters. The van der Waals surface area contributed by atoms with Gasteiger partial charge in [-0.3, -0.25) is 4.68 Å². The highest BCUT2D eigenvalue weighted by molar-refractivity contribution is 6.31. The van der Waals surface area contributed by atoms with Gasteiger partial charge in [-0.25, -0.2) is 4.39 Å². The molecule has 0 saturated heterocycles. The molecule has 19 heavy (non-hydrogen) atoms. The van der Waals surface area contributed by atoms with E-state index in [1.165, 1.54) is 12.1 Å². The van der Waals surface area contributed by atoms with Crippen LogP contribution in [0.3, 0.4) is 0 Å². The lowest BCUT2D eigenvalue weighted by Crippen LogP contribution is -2.05. The Morgan fingerprint density at radius 2 is 2.26 bits per heavy atom. The zero-order chi connectivity index (χ0) is 13.8. The molecule has 1 aromatic heterocycles. The van der Waals surface area contributed by atoms with Crippen molar-refractivity contribution in [2.45, 2.75) is 13.5 Å². The molecule has 0 spiro atoms. The van der Waals surface area contributed by atoms with Crippen LogP contribution in [0, 0.1) is 24.6 Å². The summed E-state index contributed by atoms with van der Waals surface area (Å²) in [5, 5.41) is 13.5. The first-order valence-corrected chi connectivity index (χ1v) is 6.05. The lowest BCUT2D eigenvalue weighted by Gasteiger charge is -2.07. The molecule has 98 valence electrons. The lowest BCUT2D eigenvalue weighted by molar-refractivity contribution is 0.350. The standard InChI is InChI=1S/C14H12ClFN2O/c1-10-14(15)8-17-18(10)9-12-4-5-13(16)7-11(12)3-2-6-19/h4-5,7-8,19H,6,9H2,1H3. The molecule has 2 aromatic rings. The van der Waals surface area contributed by atoms with Crippen LogP contribution in [0.25, 0.3) is 0 Å². The molecule has 1 heterocycles. The summed E-state index contributed by atoms with van der Waals surface area (Å²) in [5.74, 6) is 4.90. The molecule has 0 fully saturated rings. The van der Waals surface area contributed by atoms with Gasteiger partial charge < -0.3 is 5.11 Å². The van der Waals surface area contributed by atoms with Crippen molar-refractivity contribution < 1.29 is 9.50 Å². The molecule has 5 heteroatoms. The zero-order valence-electron chi connectivity index (χ0n) is 10.3. The summed E-state index contributed by atoms with van der Waals surface area (Å²) in [5.41, 5.74) is 2.21. The quantitative estimate of drug-likeness (QED) is 0.857. The van der Waals surface area contributed by atoms with E-state index in [0.29, 0.717) is 17.1 Å². The zero-order valence-corrected chi connectivity index (χ0v) is 11.1. The van der Waals surface area contributed by atoms with E-state index in [1.807, 2.05) is 6.92 Å². The molecule has 0 saturated carbocycles. The van der Waals surface area contributed by atoms with Crippen molar-refractivity contribution >= 4 is 11.6 Å². The minimum atomic E-state index is -0.360. The number of aliphatic hydroxyl groups excluding tert-OH is 1. The molecule has 0 amide bonds. The number of benzene rings is 1. The highest BCUT2D eigenvalue weighted by atomic mass is 35.5. The molecule has 1 aromatic carbocycles. The Hall–Kier alpha value is -1.83. The summed E-state index contributed by atoms with van der Waals surface area (Å²) in [6.07, 6.45) is 1.57. The maximum atomic E-state index is 13.2. The Kier molecular flexibility index (Phi) is 4.20. The normalized spacial score (nSPS) is 10.1. The van der Waals surface area contributed by atoms with Crippen LogP contribution in [0.1, 0.15) is 16.8 Å². The summed E-state index contributed by atoms with van der Waals surface area (Å²) in [6.45, 7) is 2.05. The van der Waals surface area contributed by atoms with Gasteiger partial charge in [-0.05, 0) is 24.6 Å². The molecule has 0 bridgehead atoms. The van der Waals surface area contributed by atoms with Gasteiger partial charge in [0.1, 0.15) is 12.4 Å². The van der Waals surface area contributed by atoms with E-state index in [4.69, 9.17) is 16.7 Å². The van der Waals surface area contributed by atoms with Crippen molar-refractivity contribution in [3.63, 3.8) is 0 Å². The molecule has 3 nitrogen and oxygen atoms in total. The second-order valence-corrected chi connectivity index (χ2v) is 4.40. The van der Waals surface area contributed by atoms with Crippen molar-refractivity contribution in [3.8, 4) is 11.8 Å². The highest BCUT2D eigenvalue weighted by Gasteiger charge is 2.08. The van der Waals surface area contributed by atoms with Crippen LogP contribution in [0.2, 0.25) is 5.02 Å². The number of hydrogen-bond donors (Lipinski definition) is 1. The molecule has 0 aliphatic rings. The van der Waals surface area contributed by atoms with Gasteiger partial charge in [-0.1, -0.05) is 29.5 Å². The molecule has 0 aliphatic carbocycles. The minimum Gasteiger partial charge on any atom is -0.384 e. The number of hydrogen-bond acceptors (Lipinski definition) is 2. The van der Waals surface area contributed by atoms with Crippen molar-refractivity contribution in [3.05, 3.63) is 52.1 Å². The van der Waals surface area contributed by atoms with E-state index < -0.39 is 0 Å². The fourth-order valence-corrected chi connectivity index (χ4v) is 1.82. The van der Waals surface area contributed by atoms with E-state index in [-0.39, 0.29) is 12.4 Å². The monoisotopic (exact) mass is 278 g/mol. The van der Waals surface area contributed by atoms with Crippen LogP contribution in [-0.2, 0) is 6.54 Å². The Labute approximate surface area is 115 Å². The highest BCUT2D eigenvalue weighted by Crippen LogP contribution is 2.17. The number of aliphatic hydroxyl groups is 1. The van der Waals surface area contributed by atoms with Crippen molar-refractivity contribution in [1.29, 1.82) is 0 Å². The minimum absolute atomic E-state index is 0.261. The second-order valence-electron chi connectivity index (χ2n) is 4.00. The predicted molar refractivity (Wildman–Crippen MR) is 71.4 cm³/mol. The first kappa shape index (κ1) is 13.6. The van der Waals surface area contributed by atoms with Crippen LogP contribution in [-0.4, -0.2) is 21.5 Å². The molecule has 1 N–H and O–H groups in total. The Balaban J connectivity index is 2.37. The van der Waals surface area contributed by atoms with Gasteiger partial charge >= 0.3 is 0 Å². The van der Waals surface area contributed by atoms with Crippen LogP contribution in [0.5, 0.6) is 0 Å². The summed E-state index contributed by atoms with van der Waals surface area (Å²) >= 11 is 5.94. The van der Waals surface area contributed by atoms with Gasteiger partial charge in [0, 0.05) is 5.56 Å². The number of rotatable bonds is 2. The van der Waals surface area contributed by atoms with Gasteiger partial charge in [-0.15, -0.1) is 0 Å². The molecule has 0 unspecified atom stereocenters. The Morgan fingerprint density at radius 3 is 2.89 bits per heavy atom. The van der Waals surface area contributed by atoms with E-state index in [2.05, 4.69) is 16.9 Å². The van der Waals surface area contributed by atoms with Gasteiger partial charge in [-0.2, -0.15) is 5.10 Å². The third kappa shape index (κ3) is 3.14. The van der Waals surface area contributed by atoms with E-state index in [0.717, 1.165) is 11.3 Å². The number of nitrogens with zero attached hydrogens (tertiary/aromatic N) is 2. The van der Waals surface area contributed by atoms with Crippen LogP contribution in [0.4, 0.5) is 4.39 Å². The van der Waals surface area contributed by atoms with Gasteiger partial charge in [0.25, 0.3) is 0 Å². The smallest absolute Gasteiger partial charge is 0.124 e. The van der Waals surface area contributed by atoms with Crippen molar-refractivity contribution in [2.24, 2.45) is 0 Å². The number of aromatic nitrogens is 2. The average molecular weight is 279 g/mol. The SMILES string of the molecule is Cc1c(Cl)cnn1Cc1ccc(F)cc1C#CCO. The fourth-order valence-electron chi connectivity index (χ4n) is 1.68. The summed E-state index contributed by atoms with van der Waals surface area (Å²) < 4.78 is 14.9. The van der Waals surface area contributed by atoms with Crippen LogP contribution < -0.4 is 0 Å². The predicted octanol–water partition coefficient (Wildman–Crippen LogP) is 2.38. The largest absolute Gasteiger partial charge is 0.384 e. The van der Waals surface area contributed by atoms with Gasteiger partial charge in [0.15, 0.2) is 0 Å². The molecular weight excluding hydrogens is 267 g/mol. The third-order valence-electron chi connectivity index (χ3n) is 2.74. The van der Waals surface area contributed by atoms with Gasteiger partial charge in [0.2, 0.25) is 0 Å². The Morgan fingerprint density at radius 1 is 1.47 bits per heavy atom. The van der Waals surface area contributed by atoms with Crippen LogP contribution >= 0.6 is 11.6 Å². The third-order valence-corrected chi connectivity index (χ3v) is 3.11. The van der Waals surface area contributed by atoms with Gasteiger partial charge in [0.05, 0.1) is 23.5 Å². The Bertz CT molecular complexity index is 655. The second kappa shape index (κ2) is 5.87. The summed E-state index contributed by atoms with van der Waals surface area (Å²) in [7, 11) is 0. The first-order valence-electron chi connectivity index (χ1n) is 5.68. The maximum absolute atomic E-state index is 13.2. The lowest BCUT2D eigenvalue weighted by atomic mass is 10.1.